The van der Waals surface area contributed by atoms with Crippen molar-refractivity contribution in [3.05, 3.63) is 48.5 Å². The molecule has 0 aromatic heterocycles. The second-order valence-electron chi connectivity index (χ2n) is 5.51. The van der Waals surface area contributed by atoms with Crippen molar-refractivity contribution in [1.82, 2.24) is 0 Å². The van der Waals surface area contributed by atoms with E-state index in [1.165, 1.54) is 19.2 Å². The number of carbonyl (C=O) groups is 1. The van der Waals surface area contributed by atoms with E-state index in [0.717, 1.165) is 4.31 Å². The van der Waals surface area contributed by atoms with E-state index in [9.17, 15) is 13.2 Å². The number of sulfonamides is 1. The first-order chi connectivity index (χ1) is 11.9. The molecule has 132 valence electrons. The summed E-state index contributed by atoms with van der Waals surface area (Å²) in [5, 5.41) is 9.14. The molecule has 0 bridgehead atoms. The number of anilines is 1. The van der Waals surface area contributed by atoms with Crippen LogP contribution in [-0.4, -0.2) is 39.3 Å². The van der Waals surface area contributed by atoms with Gasteiger partial charge >= 0.3 is 5.97 Å². The van der Waals surface area contributed by atoms with Crippen LogP contribution in [0.2, 0.25) is 0 Å². The molecule has 1 aliphatic heterocycles. The van der Waals surface area contributed by atoms with Crippen molar-refractivity contribution in [1.29, 1.82) is 0 Å². The molecule has 25 heavy (non-hydrogen) atoms. The van der Waals surface area contributed by atoms with Crippen molar-refractivity contribution < 1.29 is 27.8 Å². The number of carboxylic acids is 1. The number of aliphatic carboxylic acids is 1. The van der Waals surface area contributed by atoms with Crippen LogP contribution in [0.1, 0.15) is 6.42 Å². The Morgan fingerprint density at radius 1 is 1.24 bits per heavy atom. The first-order valence-electron chi connectivity index (χ1n) is 7.55. The quantitative estimate of drug-likeness (QED) is 0.875. The molecule has 0 saturated carbocycles. The van der Waals surface area contributed by atoms with Crippen LogP contribution in [-0.2, 0) is 14.8 Å². The maximum Gasteiger partial charge on any atom is 0.305 e. The van der Waals surface area contributed by atoms with Crippen molar-refractivity contribution in [2.24, 2.45) is 0 Å². The second-order valence-corrected chi connectivity index (χ2v) is 7.32. The van der Waals surface area contributed by atoms with Gasteiger partial charge in [-0.3, -0.25) is 9.10 Å². The fourth-order valence-electron chi connectivity index (χ4n) is 2.74. The summed E-state index contributed by atoms with van der Waals surface area (Å²) in [7, 11) is -2.47. The molecule has 2 aromatic carbocycles. The van der Waals surface area contributed by atoms with Crippen LogP contribution in [0, 0.1) is 0 Å². The van der Waals surface area contributed by atoms with Gasteiger partial charge in [0.25, 0.3) is 10.0 Å². The number of ether oxygens (including phenoxy) is 2. The molecule has 0 fully saturated rings. The van der Waals surface area contributed by atoms with Crippen molar-refractivity contribution in [2.45, 2.75) is 17.4 Å². The summed E-state index contributed by atoms with van der Waals surface area (Å²) >= 11 is 0. The Labute approximate surface area is 145 Å². The van der Waals surface area contributed by atoms with Gasteiger partial charge in [-0.15, -0.1) is 0 Å². The Kier molecular flexibility index (Phi) is 4.54. The largest absolute Gasteiger partial charge is 0.497 e. The van der Waals surface area contributed by atoms with Crippen LogP contribution in [0.5, 0.6) is 11.5 Å². The lowest BCUT2D eigenvalue weighted by molar-refractivity contribution is -0.137. The van der Waals surface area contributed by atoms with Crippen molar-refractivity contribution in [2.75, 3.05) is 18.0 Å². The number of rotatable bonds is 5. The lowest BCUT2D eigenvalue weighted by Gasteiger charge is -2.36. The van der Waals surface area contributed by atoms with Gasteiger partial charge < -0.3 is 14.6 Å². The minimum Gasteiger partial charge on any atom is -0.497 e. The van der Waals surface area contributed by atoms with Gasteiger partial charge in [0.1, 0.15) is 18.1 Å². The fraction of sp³-hybridized carbons (Fsp3) is 0.235. The van der Waals surface area contributed by atoms with E-state index >= 15 is 0 Å². The molecule has 3 rings (SSSR count). The third-order valence-corrected chi connectivity index (χ3v) is 5.77. The molecular formula is C17H17NO6S. The number of carboxylic acid groups (broad SMARTS) is 1. The van der Waals surface area contributed by atoms with E-state index in [1.54, 1.807) is 36.4 Å². The summed E-state index contributed by atoms with van der Waals surface area (Å²) in [4.78, 5) is 11.2. The van der Waals surface area contributed by atoms with Gasteiger partial charge in [0, 0.05) is 0 Å². The zero-order chi connectivity index (χ0) is 18.0. The van der Waals surface area contributed by atoms with Gasteiger partial charge in [-0.05, 0) is 36.4 Å². The average Bonchev–Trinajstić information content (AvgIpc) is 2.61. The maximum absolute atomic E-state index is 13.2. The highest BCUT2D eigenvalue weighted by atomic mass is 32.2. The number of benzene rings is 2. The van der Waals surface area contributed by atoms with E-state index in [4.69, 9.17) is 14.6 Å². The highest BCUT2D eigenvalue weighted by Crippen LogP contribution is 2.38. The standard InChI is InChI=1S/C17H17NO6S/c1-23-13-6-8-14(9-7-13)25(21,22)18-12(10-17(19)20)11-24-16-5-3-2-4-15(16)18/h2-9,12H,10-11H2,1H3,(H,19,20)/t12-/m1/s1. The van der Waals surface area contributed by atoms with Crippen LogP contribution in [0.25, 0.3) is 0 Å². The topological polar surface area (TPSA) is 93.1 Å². The molecule has 1 N–H and O–H groups in total. The predicted molar refractivity (Wildman–Crippen MR) is 90.6 cm³/mol. The van der Waals surface area contributed by atoms with E-state index < -0.39 is 22.0 Å². The Balaban J connectivity index is 2.09. The Morgan fingerprint density at radius 2 is 1.92 bits per heavy atom. The highest BCUT2D eigenvalue weighted by Gasteiger charge is 2.38. The zero-order valence-corrected chi connectivity index (χ0v) is 14.3. The average molecular weight is 363 g/mol. The van der Waals surface area contributed by atoms with Crippen molar-refractivity contribution in [3.63, 3.8) is 0 Å². The monoisotopic (exact) mass is 363 g/mol. The molecule has 2 aromatic rings. The molecule has 0 radical (unpaired) electrons. The first kappa shape index (κ1) is 17.1. The molecule has 0 saturated heterocycles. The molecule has 1 atom stereocenters. The third kappa shape index (κ3) is 3.25. The molecule has 0 aliphatic carbocycles. The van der Waals surface area contributed by atoms with E-state index in [-0.39, 0.29) is 17.9 Å². The van der Waals surface area contributed by atoms with Crippen molar-refractivity contribution >= 4 is 21.7 Å². The fourth-order valence-corrected chi connectivity index (χ4v) is 4.39. The second kappa shape index (κ2) is 6.64. The van der Waals surface area contributed by atoms with E-state index in [0.29, 0.717) is 17.2 Å². The predicted octanol–water partition coefficient (Wildman–Crippen LogP) is 2.13. The Bertz CT molecular complexity index is 878. The molecule has 1 aliphatic rings. The maximum atomic E-state index is 13.2. The third-order valence-electron chi connectivity index (χ3n) is 3.89. The normalized spacial score (nSPS) is 16.7. The molecule has 0 spiro atoms. The minimum atomic E-state index is -3.96. The summed E-state index contributed by atoms with van der Waals surface area (Å²) in [5.41, 5.74) is 0.329. The van der Waals surface area contributed by atoms with Crippen molar-refractivity contribution in [3.8, 4) is 11.5 Å². The molecule has 8 heteroatoms. The van der Waals surface area contributed by atoms with Crippen LogP contribution in [0.4, 0.5) is 5.69 Å². The number of hydrogen-bond donors (Lipinski definition) is 1. The summed E-state index contributed by atoms with van der Waals surface area (Å²) < 4.78 is 38.1. The van der Waals surface area contributed by atoms with Gasteiger partial charge in [0.05, 0.1) is 30.2 Å². The number of nitrogens with zero attached hydrogens (tertiary/aromatic N) is 1. The number of hydrogen-bond acceptors (Lipinski definition) is 5. The van der Waals surface area contributed by atoms with Gasteiger partial charge in [0.2, 0.25) is 0 Å². The Morgan fingerprint density at radius 3 is 2.56 bits per heavy atom. The summed E-state index contributed by atoms with van der Waals surface area (Å²) in [6.07, 6.45) is -0.357. The van der Waals surface area contributed by atoms with E-state index in [1.807, 2.05) is 0 Å². The minimum absolute atomic E-state index is 0.0291. The lowest BCUT2D eigenvalue weighted by Crippen LogP contribution is -2.47. The smallest absolute Gasteiger partial charge is 0.305 e. The van der Waals surface area contributed by atoms with Gasteiger partial charge in [0.15, 0.2) is 0 Å². The van der Waals surface area contributed by atoms with Crippen LogP contribution in [0.3, 0.4) is 0 Å². The molecule has 0 unspecified atom stereocenters. The van der Waals surface area contributed by atoms with Crippen LogP contribution < -0.4 is 13.8 Å². The Hall–Kier alpha value is -2.74. The number of methoxy groups -OCH3 is 1. The molecule has 1 heterocycles. The zero-order valence-electron chi connectivity index (χ0n) is 13.5. The molecular weight excluding hydrogens is 346 g/mol. The van der Waals surface area contributed by atoms with E-state index in [2.05, 4.69) is 0 Å². The molecule has 0 amide bonds. The van der Waals surface area contributed by atoms with Gasteiger partial charge in [-0.2, -0.15) is 0 Å². The van der Waals surface area contributed by atoms with Gasteiger partial charge in [-0.25, -0.2) is 8.42 Å². The first-order valence-corrected chi connectivity index (χ1v) is 8.99. The van der Waals surface area contributed by atoms with Gasteiger partial charge in [-0.1, -0.05) is 12.1 Å². The molecule has 7 nitrogen and oxygen atoms in total. The number of para-hydroxylation sites is 2. The number of fused-ring (bicyclic) bond motifs is 1. The lowest BCUT2D eigenvalue weighted by atomic mass is 10.1. The summed E-state index contributed by atoms with van der Waals surface area (Å²) in [6.45, 7) is -0.0291. The van der Waals surface area contributed by atoms with Crippen LogP contribution >= 0.6 is 0 Å². The highest BCUT2D eigenvalue weighted by molar-refractivity contribution is 7.92. The summed E-state index contributed by atoms with van der Waals surface area (Å²) in [6, 6.07) is 11.8. The SMILES string of the molecule is COc1ccc(S(=O)(=O)N2c3ccccc3OC[C@H]2CC(=O)O)cc1. The summed E-state index contributed by atoms with van der Waals surface area (Å²) in [5.74, 6) is -0.160. The van der Waals surface area contributed by atoms with Crippen LogP contribution in [0.15, 0.2) is 53.4 Å².